The number of nitrogens with zero attached hydrogens (tertiary/aromatic N) is 3. The first-order valence-electron chi connectivity index (χ1n) is 8.83. The zero-order chi connectivity index (χ0) is 18.1. The van der Waals surface area contributed by atoms with Crippen LogP contribution in [-0.2, 0) is 20.7 Å². The number of hydrogen-bond donors (Lipinski definition) is 0. The Morgan fingerprint density at radius 1 is 1.23 bits per heavy atom. The lowest BCUT2D eigenvalue weighted by molar-refractivity contribution is -0.117. The molecular formula is C19H20FN3O3. The highest BCUT2D eigenvalue weighted by Crippen LogP contribution is 2.30. The number of fused-ring (bicyclic) bond motifs is 1. The van der Waals surface area contributed by atoms with Gasteiger partial charge in [0.25, 0.3) is 0 Å². The average molecular weight is 357 g/mol. The molecule has 0 bridgehead atoms. The molecule has 7 heteroatoms. The Morgan fingerprint density at radius 3 is 2.85 bits per heavy atom. The molecule has 1 amide bonds. The molecule has 136 valence electrons. The Labute approximate surface area is 150 Å². The molecule has 0 spiro atoms. The van der Waals surface area contributed by atoms with Crippen LogP contribution < -0.4 is 4.90 Å². The van der Waals surface area contributed by atoms with Gasteiger partial charge < -0.3 is 14.5 Å². The van der Waals surface area contributed by atoms with Crippen molar-refractivity contribution in [1.29, 1.82) is 0 Å². The number of allylic oxidation sites excluding steroid dienone is 1. The van der Waals surface area contributed by atoms with Crippen molar-refractivity contribution < 1.29 is 18.7 Å². The lowest BCUT2D eigenvalue weighted by atomic mass is 10.1. The fourth-order valence-electron chi connectivity index (χ4n) is 3.61. The van der Waals surface area contributed by atoms with Crippen molar-refractivity contribution in [1.82, 2.24) is 4.90 Å². The molecule has 1 aromatic carbocycles. The molecule has 1 saturated heterocycles. The summed E-state index contributed by atoms with van der Waals surface area (Å²) in [5.41, 5.74) is 1.77. The van der Waals surface area contributed by atoms with Gasteiger partial charge in [0.1, 0.15) is 11.6 Å². The van der Waals surface area contributed by atoms with Crippen molar-refractivity contribution in [2.45, 2.75) is 19.3 Å². The highest BCUT2D eigenvalue weighted by atomic mass is 19.1. The molecule has 0 unspecified atom stereocenters. The molecule has 0 N–H and O–H groups in total. The summed E-state index contributed by atoms with van der Waals surface area (Å²) in [6.07, 6.45) is 2.28. The maximum Gasteiger partial charge on any atom is 0.232 e. The molecule has 6 nitrogen and oxygen atoms in total. The fraction of sp³-hybridized carbons (Fsp3) is 0.421. The van der Waals surface area contributed by atoms with Crippen molar-refractivity contribution >= 4 is 23.1 Å². The zero-order valence-corrected chi connectivity index (χ0v) is 14.4. The van der Waals surface area contributed by atoms with E-state index in [9.17, 15) is 14.0 Å². The normalized spacial score (nSPS) is 20.0. The van der Waals surface area contributed by atoms with Crippen molar-refractivity contribution in [3.63, 3.8) is 0 Å². The Morgan fingerprint density at radius 2 is 2.04 bits per heavy atom. The van der Waals surface area contributed by atoms with Gasteiger partial charge in [0.2, 0.25) is 5.91 Å². The number of halogens is 1. The van der Waals surface area contributed by atoms with Crippen LogP contribution >= 0.6 is 0 Å². The Hall–Kier alpha value is -2.54. The third kappa shape index (κ3) is 3.26. The summed E-state index contributed by atoms with van der Waals surface area (Å²) in [4.78, 5) is 33.0. The molecule has 3 aliphatic heterocycles. The molecule has 1 aromatic rings. The van der Waals surface area contributed by atoms with Gasteiger partial charge in [-0.25, -0.2) is 9.38 Å². The lowest BCUT2D eigenvalue weighted by Crippen LogP contribution is -2.37. The molecular weight excluding hydrogens is 337 g/mol. The number of benzene rings is 1. The quantitative estimate of drug-likeness (QED) is 0.826. The van der Waals surface area contributed by atoms with E-state index in [4.69, 9.17) is 4.74 Å². The number of morpholine rings is 1. The number of amides is 1. The second kappa shape index (κ2) is 6.99. The second-order valence-corrected chi connectivity index (χ2v) is 6.63. The van der Waals surface area contributed by atoms with E-state index < -0.39 is 0 Å². The third-order valence-corrected chi connectivity index (χ3v) is 4.90. The molecule has 0 aliphatic carbocycles. The maximum absolute atomic E-state index is 13.9. The Balaban J connectivity index is 1.49. The molecule has 4 rings (SSSR count). The zero-order valence-electron chi connectivity index (χ0n) is 14.4. The van der Waals surface area contributed by atoms with Crippen LogP contribution in [0.15, 0.2) is 35.1 Å². The number of anilines is 1. The van der Waals surface area contributed by atoms with Gasteiger partial charge in [-0.15, -0.1) is 0 Å². The summed E-state index contributed by atoms with van der Waals surface area (Å²) in [5.74, 6) is 0.141. The van der Waals surface area contributed by atoms with Gasteiger partial charge in [-0.2, -0.15) is 0 Å². The minimum absolute atomic E-state index is 0.0443. The van der Waals surface area contributed by atoms with Crippen LogP contribution in [0.2, 0.25) is 0 Å². The smallest absolute Gasteiger partial charge is 0.232 e. The van der Waals surface area contributed by atoms with Gasteiger partial charge in [0, 0.05) is 49.1 Å². The van der Waals surface area contributed by atoms with E-state index in [0.29, 0.717) is 62.1 Å². The third-order valence-electron chi connectivity index (χ3n) is 4.90. The van der Waals surface area contributed by atoms with Crippen LogP contribution in [0.3, 0.4) is 0 Å². The first kappa shape index (κ1) is 16.9. The van der Waals surface area contributed by atoms with E-state index >= 15 is 0 Å². The van der Waals surface area contributed by atoms with E-state index in [-0.39, 0.29) is 30.3 Å². The summed E-state index contributed by atoms with van der Waals surface area (Å²) in [7, 11) is 0. The van der Waals surface area contributed by atoms with E-state index in [1.807, 2.05) is 4.90 Å². The summed E-state index contributed by atoms with van der Waals surface area (Å²) < 4.78 is 19.2. The Kier molecular flexibility index (Phi) is 4.55. The molecule has 0 saturated carbocycles. The number of carbonyl (C=O) groups is 2. The van der Waals surface area contributed by atoms with Crippen molar-refractivity contribution in [3.05, 3.63) is 41.5 Å². The molecule has 1 fully saturated rings. The number of ketones is 1. The van der Waals surface area contributed by atoms with Crippen molar-refractivity contribution in [2.24, 2.45) is 4.99 Å². The number of hydrogen-bond acceptors (Lipinski definition) is 5. The molecule has 0 atom stereocenters. The first-order valence-corrected chi connectivity index (χ1v) is 8.83. The maximum atomic E-state index is 13.9. The number of aliphatic imine (C=N–C) groups is 1. The summed E-state index contributed by atoms with van der Waals surface area (Å²) in [6, 6.07) is 4.78. The van der Waals surface area contributed by atoms with Crippen LogP contribution in [0.4, 0.5) is 10.1 Å². The molecule has 3 aliphatic rings. The number of ether oxygens (including phenoxy) is 1. The second-order valence-electron chi connectivity index (χ2n) is 6.63. The highest BCUT2D eigenvalue weighted by molar-refractivity contribution is 6.16. The minimum atomic E-state index is -0.277. The van der Waals surface area contributed by atoms with Gasteiger partial charge in [-0.05, 0) is 18.6 Å². The van der Waals surface area contributed by atoms with E-state index in [2.05, 4.69) is 4.99 Å². The lowest BCUT2D eigenvalue weighted by Gasteiger charge is -2.30. The molecule has 26 heavy (non-hydrogen) atoms. The van der Waals surface area contributed by atoms with Crippen LogP contribution in [-0.4, -0.2) is 55.2 Å². The van der Waals surface area contributed by atoms with Crippen LogP contribution in [0.25, 0.3) is 0 Å². The van der Waals surface area contributed by atoms with Crippen molar-refractivity contribution in [3.8, 4) is 0 Å². The van der Waals surface area contributed by atoms with Gasteiger partial charge in [0.15, 0.2) is 5.78 Å². The van der Waals surface area contributed by atoms with Crippen LogP contribution in [0.5, 0.6) is 0 Å². The summed E-state index contributed by atoms with van der Waals surface area (Å²) >= 11 is 0. The SMILES string of the molecule is O=C1C=C(N2CCOCC2)N=C(CC(=O)N2CCc3c(F)cccc32)C1. The summed E-state index contributed by atoms with van der Waals surface area (Å²) in [6.45, 7) is 3.03. The topological polar surface area (TPSA) is 62.2 Å². The van der Waals surface area contributed by atoms with E-state index in [1.165, 1.54) is 6.07 Å². The standard InChI is InChI=1S/C19H20FN3O3/c20-16-2-1-3-17-15(16)4-5-23(17)19(25)11-13-10-14(24)12-18(21-13)22-6-8-26-9-7-22/h1-3,12H,4-11H2. The van der Waals surface area contributed by atoms with Gasteiger partial charge in [0.05, 0.1) is 19.6 Å². The van der Waals surface area contributed by atoms with E-state index in [0.717, 1.165) is 0 Å². The highest BCUT2D eigenvalue weighted by Gasteiger charge is 2.29. The van der Waals surface area contributed by atoms with Gasteiger partial charge in [-0.3, -0.25) is 9.59 Å². The molecule has 0 radical (unpaired) electrons. The molecule has 3 heterocycles. The predicted octanol–water partition coefficient (Wildman–Crippen LogP) is 1.69. The first-order chi connectivity index (χ1) is 12.6. The minimum Gasteiger partial charge on any atom is -0.378 e. The fourth-order valence-corrected chi connectivity index (χ4v) is 3.61. The predicted molar refractivity (Wildman–Crippen MR) is 94.6 cm³/mol. The van der Waals surface area contributed by atoms with Crippen LogP contribution in [0, 0.1) is 5.82 Å². The van der Waals surface area contributed by atoms with Crippen LogP contribution in [0.1, 0.15) is 18.4 Å². The average Bonchev–Trinajstić information content (AvgIpc) is 3.07. The van der Waals surface area contributed by atoms with E-state index in [1.54, 1.807) is 23.1 Å². The van der Waals surface area contributed by atoms with Crippen molar-refractivity contribution in [2.75, 3.05) is 37.7 Å². The Bertz CT molecular complexity index is 812. The number of rotatable bonds is 3. The largest absolute Gasteiger partial charge is 0.378 e. The number of carbonyl (C=O) groups excluding carboxylic acids is 2. The van der Waals surface area contributed by atoms with Gasteiger partial charge >= 0.3 is 0 Å². The van der Waals surface area contributed by atoms with Gasteiger partial charge in [-0.1, -0.05) is 6.07 Å². The monoisotopic (exact) mass is 357 g/mol. The summed E-state index contributed by atoms with van der Waals surface area (Å²) in [5, 5.41) is 0. The molecule has 0 aromatic heterocycles.